The highest BCUT2D eigenvalue weighted by atomic mass is 19.1. The van der Waals surface area contributed by atoms with E-state index >= 15 is 0 Å². The number of hydrogen-bond donors (Lipinski definition) is 1. The third-order valence-corrected chi connectivity index (χ3v) is 6.48. The van der Waals surface area contributed by atoms with Crippen molar-refractivity contribution in [3.63, 3.8) is 0 Å². The first-order valence-electron chi connectivity index (χ1n) is 11.4. The van der Waals surface area contributed by atoms with Gasteiger partial charge in [-0.1, -0.05) is 42.5 Å². The van der Waals surface area contributed by atoms with Crippen LogP contribution in [0.1, 0.15) is 39.9 Å². The molecule has 182 valence electrons. The van der Waals surface area contributed by atoms with Gasteiger partial charge < -0.3 is 19.5 Å². The number of benzene rings is 3. The van der Waals surface area contributed by atoms with Gasteiger partial charge in [0.15, 0.2) is 17.3 Å². The topological polar surface area (TPSA) is 73.9 Å². The van der Waals surface area contributed by atoms with Crippen LogP contribution in [0, 0.1) is 5.82 Å². The molecule has 0 saturated heterocycles. The number of fused-ring (bicyclic) bond motifs is 2. The lowest BCUT2D eigenvalue weighted by Crippen LogP contribution is -2.29. The predicted octanol–water partition coefficient (Wildman–Crippen LogP) is 5.15. The van der Waals surface area contributed by atoms with Crippen LogP contribution in [0.3, 0.4) is 0 Å². The lowest BCUT2D eigenvalue weighted by Gasteiger charge is -2.29. The van der Waals surface area contributed by atoms with E-state index in [4.69, 9.17) is 14.2 Å². The summed E-state index contributed by atoms with van der Waals surface area (Å²) in [5.74, 6) is -0.702. The van der Waals surface area contributed by atoms with E-state index in [2.05, 4.69) is 5.32 Å². The minimum atomic E-state index is -0.659. The van der Waals surface area contributed by atoms with Crippen molar-refractivity contribution < 1.29 is 28.2 Å². The van der Waals surface area contributed by atoms with Gasteiger partial charge in [0.1, 0.15) is 12.4 Å². The number of carbonyl (C=O) groups is 2. The zero-order valence-electron chi connectivity index (χ0n) is 20.1. The molecule has 0 amide bonds. The second-order valence-corrected chi connectivity index (χ2v) is 8.58. The number of nitrogens with one attached hydrogen (secondary N) is 1. The van der Waals surface area contributed by atoms with Crippen molar-refractivity contribution in [3.05, 3.63) is 112 Å². The van der Waals surface area contributed by atoms with Gasteiger partial charge in [-0.25, -0.2) is 9.18 Å². The minimum Gasteiger partial charge on any atom is -0.493 e. The molecule has 1 atom stereocenters. The van der Waals surface area contributed by atoms with Gasteiger partial charge in [-0.15, -0.1) is 0 Å². The molecule has 0 aromatic heterocycles. The van der Waals surface area contributed by atoms with E-state index in [0.717, 1.165) is 11.1 Å². The van der Waals surface area contributed by atoms with E-state index in [0.29, 0.717) is 45.2 Å². The number of hydrogen-bond acceptors (Lipinski definition) is 6. The summed E-state index contributed by atoms with van der Waals surface area (Å²) in [6.45, 7) is 2.02. The van der Waals surface area contributed by atoms with Crippen LogP contribution in [-0.2, 0) is 16.1 Å². The Morgan fingerprint density at radius 1 is 0.972 bits per heavy atom. The molecule has 1 unspecified atom stereocenters. The van der Waals surface area contributed by atoms with Crippen LogP contribution in [0.15, 0.2) is 83.6 Å². The molecule has 1 N–H and O–H groups in total. The SMILES string of the molecule is COC(=O)C1=C(C)NC2=C(C(=O)c3ccccc32)C1c1ccc(OCc2ccc(F)cc2)c(OC)c1. The summed E-state index contributed by atoms with van der Waals surface area (Å²) in [6.07, 6.45) is 0. The molecule has 3 aromatic rings. The molecule has 1 aliphatic heterocycles. The van der Waals surface area contributed by atoms with Crippen LogP contribution >= 0.6 is 0 Å². The molecule has 0 spiro atoms. The summed E-state index contributed by atoms with van der Waals surface area (Å²) in [5.41, 5.74) is 5.05. The second-order valence-electron chi connectivity index (χ2n) is 8.58. The number of methoxy groups -OCH3 is 2. The maximum Gasteiger partial charge on any atom is 0.336 e. The van der Waals surface area contributed by atoms with Crippen LogP contribution in [0.2, 0.25) is 0 Å². The smallest absolute Gasteiger partial charge is 0.336 e. The highest BCUT2D eigenvalue weighted by Crippen LogP contribution is 2.47. The fourth-order valence-electron chi connectivity index (χ4n) is 4.77. The first-order valence-corrected chi connectivity index (χ1v) is 11.4. The fraction of sp³-hybridized carbons (Fsp3) is 0.172. The zero-order valence-corrected chi connectivity index (χ0v) is 20.1. The molecule has 2 aliphatic rings. The van der Waals surface area contributed by atoms with E-state index in [1.165, 1.54) is 26.4 Å². The molecular formula is C29H24FNO5. The van der Waals surface area contributed by atoms with Gasteiger partial charge >= 0.3 is 5.97 Å². The lowest BCUT2D eigenvalue weighted by atomic mass is 9.79. The number of halogens is 1. The molecule has 5 rings (SSSR count). The zero-order chi connectivity index (χ0) is 25.4. The molecule has 1 aliphatic carbocycles. The molecule has 0 bridgehead atoms. The number of rotatable bonds is 6. The molecule has 0 fully saturated rings. The Hall–Kier alpha value is -4.39. The van der Waals surface area contributed by atoms with Gasteiger partial charge in [-0.3, -0.25) is 4.79 Å². The van der Waals surface area contributed by atoms with E-state index in [1.807, 2.05) is 24.3 Å². The van der Waals surface area contributed by atoms with Crippen LogP contribution in [0.5, 0.6) is 11.5 Å². The number of ketones is 1. The van der Waals surface area contributed by atoms with Crippen molar-refractivity contribution in [2.45, 2.75) is 19.4 Å². The first kappa shape index (κ1) is 23.4. The average Bonchev–Trinajstić information content (AvgIpc) is 3.18. The number of carbonyl (C=O) groups excluding carboxylic acids is 2. The molecule has 36 heavy (non-hydrogen) atoms. The van der Waals surface area contributed by atoms with E-state index in [1.54, 1.807) is 37.3 Å². The van der Waals surface area contributed by atoms with E-state index in [-0.39, 0.29) is 18.2 Å². The molecule has 0 saturated carbocycles. The highest BCUT2D eigenvalue weighted by molar-refractivity contribution is 6.23. The highest BCUT2D eigenvalue weighted by Gasteiger charge is 2.43. The summed E-state index contributed by atoms with van der Waals surface area (Å²) in [6, 6.07) is 18.8. The van der Waals surface area contributed by atoms with Gasteiger partial charge in [0.25, 0.3) is 0 Å². The Morgan fingerprint density at radius 3 is 2.39 bits per heavy atom. The standard InChI is InChI=1S/C29H24FNO5/c1-16-24(29(33)35-3)25(26-27(31-16)20-6-4-5-7-21(20)28(26)32)18-10-13-22(23(14-18)34-2)36-15-17-8-11-19(30)12-9-17/h4-14,25,31H,15H2,1-3H3. The minimum absolute atomic E-state index is 0.136. The van der Waals surface area contributed by atoms with Crippen LogP contribution < -0.4 is 14.8 Å². The monoisotopic (exact) mass is 485 g/mol. The Balaban J connectivity index is 1.56. The summed E-state index contributed by atoms with van der Waals surface area (Å²) >= 11 is 0. The van der Waals surface area contributed by atoms with E-state index < -0.39 is 11.9 Å². The Labute approximate surface area is 208 Å². The predicted molar refractivity (Wildman–Crippen MR) is 132 cm³/mol. The van der Waals surface area contributed by atoms with Crippen molar-refractivity contribution in [2.75, 3.05) is 14.2 Å². The summed E-state index contributed by atoms with van der Waals surface area (Å²) < 4.78 is 29.8. The first-order chi connectivity index (χ1) is 17.4. The molecule has 0 radical (unpaired) electrons. The number of allylic oxidation sites excluding steroid dienone is 2. The van der Waals surface area contributed by atoms with Crippen molar-refractivity contribution in [1.82, 2.24) is 5.32 Å². The van der Waals surface area contributed by atoms with Crippen LogP contribution in [-0.4, -0.2) is 26.0 Å². The third kappa shape index (κ3) is 3.92. The van der Waals surface area contributed by atoms with Gasteiger partial charge in [0.2, 0.25) is 0 Å². The van der Waals surface area contributed by atoms with Crippen LogP contribution in [0.4, 0.5) is 4.39 Å². The molecule has 6 nitrogen and oxygen atoms in total. The van der Waals surface area contributed by atoms with Gasteiger partial charge in [-0.05, 0) is 42.3 Å². The van der Waals surface area contributed by atoms with Crippen molar-refractivity contribution >= 4 is 17.4 Å². The largest absolute Gasteiger partial charge is 0.493 e. The number of dihydropyridines is 1. The van der Waals surface area contributed by atoms with Gasteiger partial charge in [0.05, 0.1) is 25.5 Å². The molecular weight excluding hydrogens is 461 g/mol. The Morgan fingerprint density at radius 2 is 1.69 bits per heavy atom. The Kier molecular flexibility index (Phi) is 6.06. The van der Waals surface area contributed by atoms with Crippen molar-refractivity contribution in [3.8, 4) is 11.5 Å². The second kappa shape index (κ2) is 9.34. The summed E-state index contributed by atoms with van der Waals surface area (Å²) in [5, 5.41) is 3.27. The van der Waals surface area contributed by atoms with Crippen molar-refractivity contribution in [1.29, 1.82) is 0 Å². The normalized spacial score (nSPS) is 16.3. The van der Waals surface area contributed by atoms with Crippen molar-refractivity contribution in [2.24, 2.45) is 0 Å². The number of Topliss-reactive ketones (excluding diaryl/α,β-unsaturated/α-hetero) is 1. The Bertz CT molecular complexity index is 1440. The fourth-order valence-corrected chi connectivity index (χ4v) is 4.77. The molecule has 7 heteroatoms. The van der Waals surface area contributed by atoms with Gasteiger partial charge in [0, 0.05) is 28.3 Å². The van der Waals surface area contributed by atoms with E-state index in [9.17, 15) is 14.0 Å². The quantitative estimate of drug-likeness (QED) is 0.487. The number of esters is 1. The summed E-state index contributed by atoms with van der Waals surface area (Å²) in [7, 11) is 2.84. The number of ether oxygens (including phenoxy) is 3. The maximum absolute atomic E-state index is 13.5. The van der Waals surface area contributed by atoms with Crippen LogP contribution in [0.25, 0.3) is 5.70 Å². The maximum atomic E-state index is 13.5. The lowest BCUT2D eigenvalue weighted by molar-refractivity contribution is -0.136. The summed E-state index contributed by atoms with van der Waals surface area (Å²) in [4.78, 5) is 26.4. The third-order valence-electron chi connectivity index (χ3n) is 6.48. The van der Waals surface area contributed by atoms with Gasteiger partial charge in [-0.2, -0.15) is 0 Å². The molecule has 3 aromatic carbocycles. The average molecular weight is 486 g/mol. The molecule has 1 heterocycles.